The number of thiocarbonyl (C=S) groups is 1. The number of pyridine rings is 3. The van der Waals surface area contributed by atoms with E-state index < -0.39 is 0 Å². The first-order valence-electron chi connectivity index (χ1n) is 9.77. The van der Waals surface area contributed by atoms with E-state index in [4.69, 9.17) is 12.2 Å². The summed E-state index contributed by atoms with van der Waals surface area (Å²) in [6, 6.07) is 20.0. The van der Waals surface area contributed by atoms with Gasteiger partial charge in [-0.15, -0.1) is 0 Å². The second-order valence-electron chi connectivity index (χ2n) is 7.08. The number of nitrogens with zero attached hydrogens (tertiary/aromatic N) is 5. The van der Waals surface area contributed by atoms with E-state index in [0.717, 1.165) is 22.8 Å². The summed E-state index contributed by atoms with van der Waals surface area (Å²) >= 11 is 5.77. The summed E-state index contributed by atoms with van der Waals surface area (Å²) in [7, 11) is 0. The topological polar surface area (TPSA) is 58.9 Å². The fourth-order valence-electron chi connectivity index (χ4n) is 3.94. The number of hydrogen-bond acceptors (Lipinski definition) is 4. The molecule has 0 unspecified atom stereocenters. The molecule has 30 heavy (non-hydrogen) atoms. The van der Waals surface area contributed by atoms with Crippen molar-refractivity contribution in [2.75, 3.05) is 0 Å². The quantitative estimate of drug-likeness (QED) is 0.503. The smallest absolute Gasteiger partial charge is 0.170 e. The molecule has 148 valence electrons. The van der Waals surface area contributed by atoms with Gasteiger partial charge in [0, 0.05) is 42.4 Å². The number of rotatable bonds is 5. The maximum absolute atomic E-state index is 5.77. The highest BCUT2D eigenvalue weighted by atomic mass is 32.1. The fraction of sp³-hybridized carbons (Fsp3) is 0.130. The third-order valence-electron chi connectivity index (χ3n) is 5.28. The monoisotopic (exact) mass is 412 g/mol. The largest absolute Gasteiger partial charge is 0.352 e. The number of aromatic nitrogens is 4. The molecule has 0 radical (unpaired) electrons. The van der Waals surface area contributed by atoms with E-state index in [1.165, 1.54) is 0 Å². The van der Waals surface area contributed by atoms with Crippen LogP contribution in [0.4, 0.5) is 0 Å². The van der Waals surface area contributed by atoms with Crippen LogP contribution in [0.1, 0.15) is 29.2 Å². The zero-order valence-corrected chi connectivity index (χ0v) is 17.0. The van der Waals surface area contributed by atoms with Crippen molar-refractivity contribution in [3.05, 3.63) is 109 Å². The third-order valence-corrected chi connectivity index (χ3v) is 5.63. The average molecular weight is 413 g/mol. The van der Waals surface area contributed by atoms with Crippen molar-refractivity contribution in [3.63, 3.8) is 0 Å². The van der Waals surface area contributed by atoms with Gasteiger partial charge < -0.3 is 14.8 Å². The molecule has 1 aliphatic heterocycles. The maximum Gasteiger partial charge on any atom is 0.170 e. The van der Waals surface area contributed by atoms with Crippen molar-refractivity contribution < 1.29 is 0 Å². The van der Waals surface area contributed by atoms with Crippen LogP contribution in [-0.2, 0) is 6.54 Å². The molecule has 2 atom stereocenters. The highest BCUT2D eigenvalue weighted by Gasteiger charge is 2.41. The van der Waals surface area contributed by atoms with Crippen molar-refractivity contribution in [3.8, 4) is 5.69 Å². The molecule has 1 N–H and O–H groups in total. The Labute approximate surface area is 180 Å². The van der Waals surface area contributed by atoms with Crippen LogP contribution < -0.4 is 5.32 Å². The minimum Gasteiger partial charge on any atom is -0.352 e. The molecule has 1 fully saturated rings. The molecule has 1 aliphatic rings. The first-order valence-corrected chi connectivity index (χ1v) is 10.2. The fourth-order valence-corrected chi connectivity index (χ4v) is 4.24. The van der Waals surface area contributed by atoms with Crippen LogP contribution in [0.3, 0.4) is 0 Å². The highest BCUT2D eigenvalue weighted by Crippen LogP contribution is 2.40. The summed E-state index contributed by atoms with van der Waals surface area (Å²) in [6.45, 7) is 0.613. The molecule has 7 heteroatoms. The Morgan fingerprint density at radius 2 is 1.67 bits per heavy atom. The van der Waals surface area contributed by atoms with E-state index >= 15 is 0 Å². The van der Waals surface area contributed by atoms with E-state index in [-0.39, 0.29) is 12.1 Å². The van der Waals surface area contributed by atoms with Crippen LogP contribution in [0, 0.1) is 0 Å². The van der Waals surface area contributed by atoms with Gasteiger partial charge in [0.2, 0.25) is 0 Å². The van der Waals surface area contributed by atoms with Gasteiger partial charge in [0.05, 0.1) is 30.0 Å². The van der Waals surface area contributed by atoms with Crippen LogP contribution in [-0.4, -0.2) is 29.5 Å². The van der Waals surface area contributed by atoms with Crippen molar-refractivity contribution in [2.45, 2.75) is 18.6 Å². The molecular weight excluding hydrogens is 392 g/mol. The predicted molar refractivity (Wildman–Crippen MR) is 119 cm³/mol. The van der Waals surface area contributed by atoms with E-state index in [9.17, 15) is 0 Å². The molecule has 5 rings (SSSR count). The van der Waals surface area contributed by atoms with Crippen LogP contribution in [0.25, 0.3) is 5.69 Å². The molecule has 0 aromatic carbocycles. The Balaban J connectivity index is 1.60. The van der Waals surface area contributed by atoms with Gasteiger partial charge in [-0.05, 0) is 60.7 Å². The normalized spacial score (nSPS) is 18.4. The second-order valence-corrected chi connectivity index (χ2v) is 7.47. The van der Waals surface area contributed by atoms with E-state index in [1.807, 2.05) is 60.9 Å². The molecule has 0 spiro atoms. The molecule has 6 nitrogen and oxygen atoms in total. The first-order chi connectivity index (χ1) is 14.8. The standard InChI is InChI=1S/C23H20N6S/c30-23-27-21(19-7-2-4-12-26-19)22(29(23)16-17-6-1-3-11-25-17)20-8-5-15-28(20)18-9-13-24-14-10-18/h1-15,21-22H,16H2,(H,27,30)/t21-,22+/m0/s1. The summed E-state index contributed by atoms with van der Waals surface area (Å²) in [4.78, 5) is 15.5. The van der Waals surface area contributed by atoms with E-state index in [2.05, 4.69) is 48.1 Å². The molecule has 4 aromatic heterocycles. The lowest BCUT2D eigenvalue weighted by atomic mass is 10.0. The van der Waals surface area contributed by atoms with Gasteiger partial charge in [0.15, 0.2) is 5.11 Å². The van der Waals surface area contributed by atoms with E-state index in [1.54, 1.807) is 12.4 Å². The molecule has 0 amide bonds. The van der Waals surface area contributed by atoms with Gasteiger partial charge in [-0.2, -0.15) is 0 Å². The van der Waals surface area contributed by atoms with E-state index in [0.29, 0.717) is 11.7 Å². The molecule has 1 saturated heterocycles. The average Bonchev–Trinajstić information content (AvgIpc) is 3.40. The van der Waals surface area contributed by atoms with Crippen molar-refractivity contribution in [1.29, 1.82) is 0 Å². The van der Waals surface area contributed by atoms with Gasteiger partial charge in [-0.1, -0.05) is 12.1 Å². The summed E-state index contributed by atoms with van der Waals surface area (Å²) in [5.41, 5.74) is 4.10. The minimum absolute atomic E-state index is 0.0439. The summed E-state index contributed by atoms with van der Waals surface area (Å²) in [6.07, 6.45) is 9.31. The molecular formula is C23H20N6S. The summed E-state index contributed by atoms with van der Waals surface area (Å²) < 4.78 is 2.18. The summed E-state index contributed by atoms with van der Waals surface area (Å²) in [5.74, 6) is 0. The minimum atomic E-state index is -0.0714. The molecule has 4 aromatic rings. The van der Waals surface area contributed by atoms with Crippen LogP contribution in [0.2, 0.25) is 0 Å². The zero-order chi connectivity index (χ0) is 20.3. The Bertz CT molecular complexity index is 1130. The second kappa shape index (κ2) is 8.04. The lowest BCUT2D eigenvalue weighted by Crippen LogP contribution is -2.30. The molecule has 5 heterocycles. The lowest BCUT2D eigenvalue weighted by Gasteiger charge is -2.28. The number of hydrogen-bond donors (Lipinski definition) is 1. The van der Waals surface area contributed by atoms with Crippen LogP contribution in [0.5, 0.6) is 0 Å². The van der Waals surface area contributed by atoms with Crippen LogP contribution in [0.15, 0.2) is 91.6 Å². The van der Waals surface area contributed by atoms with Gasteiger partial charge in [0.1, 0.15) is 0 Å². The van der Waals surface area contributed by atoms with Crippen LogP contribution >= 0.6 is 12.2 Å². The van der Waals surface area contributed by atoms with Gasteiger partial charge in [-0.25, -0.2) is 0 Å². The summed E-state index contributed by atoms with van der Waals surface area (Å²) in [5, 5.41) is 4.20. The highest BCUT2D eigenvalue weighted by molar-refractivity contribution is 7.80. The zero-order valence-electron chi connectivity index (χ0n) is 16.2. The Morgan fingerprint density at radius 3 is 2.40 bits per heavy atom. The number of nitrogens with one attached hydrogen (secondary N) is 1. The molecule has 0 bridgehead atoms. The maximum atomic E-state index is 5.77. The molecule has 0 saturated carbocycles. The predicted octanol–water partition coefficient (Wildman–Crippen LogP) is 3.84. The Hall–Kier alpha value is -3.58. The lowest BCUT2D eigenvalue weighted by molar-refractivity contribution is 0.299. The van der Waals surface area contributed by atoms with Gasteiger partial charge in [0.25, 0.3) is 0 Å². The van der Waals surface area contributed by atoms with Gasteiger partial charge in [-0.3, -0.25) is 15.0 Å². The van der Waals surface area contributed by atoms with Crippen molar-refractivity contribution >= 4 is 17.3 Å². The van der Waals surface area contributed by atoms with Crippen molar-refractivity contribution in [1.82, 2.24) is 29.7 Å². The first kappa shape index (κ1) is 18.4. The molecule has 0 aliphatic carbocycles. The third kappa shape index (κ3) is 3.44. The Morgan fingerprint density at radius 1 is 0.867 bits per heavy atom. The SMILES string of the molecule is S=C1N[C@@H](c2ccccn2)[C@@H](c2cccn2-c2ccncc2)N1Cc1ccccn1. The van der Waals surface area contributed by atoms with Crippen molar-refractivity contribution in [2.24, 2.45) is 0 Å². The van der Waals surface area contributed by atoms with Gasteiger partial charge >= 0.3 is 0 Å². The Kier molecular flexibility index (Phi) is 4.94.